The van der Waals surface area contributed by atoms with Crippen molar-refractivity contribution in [3.8, 4) is 5.69 Å². The molecule has 0 amide bonds. The van der Waals surface area contributed by atoms with E-state index in [0.717, 1.165) is 24.2 Å². The first-order valence-electron chi connectivity index (χ1n) is 6.96. The maximum absolute atomic E-state index is 11.4. The zero-order valence-electron chi connectivity index (χ0n) is 12.1. The quantitative estimate of drug-likeness (QED) is 0.901. The predicted molar refractivity (Wildman–Crippen MR) is 78.6 cm³/mol. The largest absolute Gasteiger partial charge is 0.478 e. The lowest BCUT2D eigenvalue weighted by molar-refractivity contribution is 0.0695. The number of aryl methyl sites for hydroxylation is 1. The van der Waals surface area contributed by atoms with E-state index in [-0.39, 0.29) is 5.92 Å². The van der Waals surface area contributed by atoms with Gasteiger partial charge in [-0.15, -0.1) is 0 Å². The van der Waals surface area contributed by atoms with Crippen molar-refractivity contribution in [1.29, 1.82) is 0 Å². The Morgan fingerprint density at radius 2 is 1.85 bits per heavy atom. The summed E-state index contributed by atoms with van der Waals surface area (Å²) >= 11 is 0. The Morgan fingerprint density at radius 1 is 1.25 bits per heavy atom. The third-order valence-electron chi connectivity index (χ3n) is 3.69. The minimum atomic E-state index is -0.912. The van der Waals surface area contributed by atoms with Gasteiger partial charge in [-0.05, 0) is 31.9 Å². The fourth-order valence-corrected chi connectivity index (χ4v) is 2.48. The highest BCUT2D eigenvalue weighted by atomic mass is 16.4. The minimum Gasteiger partial charge on any atom is -0.478 e. The number of carboxylic acids is 1. The van der Waals surface area contributed by atoms with Crippen LogP contribution in [0.4, 0.5) is 0 Å². The van der Waals surface area contributed by atoms with Gasteiger partial charge in [0.1, 0.15) is 5.56 Å². The molecule has 0 saturated carbocycles. The summed E-state index contributed by atoms with van der Waals surface area (Å²) in [6.07, 6.45) is 3.25. The molecule has 0 saturated heterocycles. The van der Waals surface area contributed by atoms with Crippen molar-refractivity contribution in [2.24, 2.45) is 0 Å². The van der Waals surface area contributed by atoms with Crippen LogP contribution >= 0.6 is 0 Å². The van der Waals surface area contributed by atoms with Crippen molar-refractivity contribution in [3.05, 3.63) is 47.3 Å². The van der Waals surface area contributed by atoms with Crippen LogP contribution in [-0.4, -0.2) is 20.9 Å². The van der Waals surface area contributed by atoms with Crippen LogP contribution in [0, 0.1) is 6.92 Å². The van der Waals surface area contributed by atoms with Gasteiger partial charge in [0.2, 0.25) is 0 Å². The van der Waals surface area contributed by atoms with Gasteiger partial charge >= 0.3 is 5.97 Å². The van der Waals surface area contributed by atoms with E-state index in [4.69, 9.17) is 0 Å². The number of hydrogen-bond donors (Lipinski definition) is 1. The summed E-state index contributed by atoms with van der Waals surface area (Å²) in [4.78, 5) is 11.4. The molecule has 1 N–H and O–H groups in total. The Bertz CT molecular complexity index is 595. The van der Waals surface area contributed by atoms with Crippen LogP contribution < -0.4 is 0 Å². The molecule has 0 bridgehead atoms. The molecule has 20 heavy (non-hydrogen) atoms. The van der Waals surface area contributed by atoms with Gasteiger partial charge in [0.15, 0.2) is 0 Å². The number of carboxylic acid groups (broad SMARTS) is 1. The maximum Gasteiger partial charge on any atom is 0.339 e. The van der Waals surface area contributed by atoms with E-state index in [1.165, 1.54) is 11.8 Å². The highest BCUT2D eigenvalue weighted by Gasteiger charge is 2.23. The van der Waals surface area contributed by atoms with E-state index in [1.807, 2.05) is 31.2 Å². The van der Waals surface area contributed by atoms with Crippen LogP contribution in [-0.2, 0) is 0 Å². The third-order valence-corrected chi connectivity index (χ3v) is 3.69. The number of hydrogen-bond acceptors (Lipinski definition) is 2. The van der Waals surface area contributed by atoms with E-state index in [2.05, 4.69) is 18.9 Å². The van der Waals surface area contributed by atoms with Crippen molar-refractivity contribution in [2.45, 2.75) is 39.5 Å². The molecule has 1 heterocycles. The summed E-state index contributed by atoms with van der Waals surface area (Å²) in [5, 5.41) is 13.6. The summed E-state index contributed by atoms with van der Waals surface area (Å²) in [6.45, 7) is 6.18. The van der Waals surface area contributed by atoms with Crippen LogP contribution in [0.5, 0.6) is 0 Å². The predicted octanol–water partition coefficient (Wildman–Crippen LogP) is 3.78. The smallest absolute Gasteiger partial charge is 0.339 e. The Hall–Kier alpha value is -2.10. The first-order valence-corrected chi connectivity index (χ1v) is 6.96. The van der Waals surface area contributed by atoms with Crippen LogP contribution in [0.15, 0.2) is 30.5 Å². The highest BCUT2D eigenvalue weighted by Crippen LogP contribution is 2.28. The van der Waals surface area contributed by atoms with Crippen LogP contribution in [0.3, 0.4) is 0 Å². The normalized spacial score (nSPS) is 11.0. The zero-order chi connectivity index (χ0) is 14.7. The molecule has 106 valence electrons. The number of benzene rings is 1. The Balaban J connectivity index is 2.58. The van der Waals surface area contributed by atoms with Crippen molar-refractivity contribution in [3.63, 3.8) is 0 Å². The number of aromatic nitrogens is 2. The van der Waals surface area contributed by atoms with E-state index in [1.54, 1.807) is 4.68 Å². The van der Waals surface area contributed by atoms with Gasteiger partial charge in [0, 0.05) is 5.92 Å². The van der Waals surface area contributed by atoms with Gasteiger partial charge in [-0.25, -0.2) is 9.48 Å². The van der Waals surface area contributed by atoms with Crippen molar-refractivity contribution in [2.75, 3.05) is 0 Å². The van der Waals surface area contributed by atoms with Gasteiger partial charge in [0.25, 0.3) is 0 Å². The maximum atomic E-state index is 11.4. The Labute approximate surface area is 119 Å². The van der Waals surface area contributed by atoms with Gasteiger partial charge in [0.05, 0.1) is 17.6 Å². The fourth-order valence-electron chi connectivity index (χ4n) is 2.48. The second kappa shape index (κ2) is 5.90. The highest BCUT2D eigenvalue weighted by molar-refractivity contribution is 5.89. The Kier molecular flexibility index (Phi) is 4.23. The van der Waals surface area contributed by atoms with Gasteiger partial charge in [-0.3, -0.25) is 0 Å². The van der Waals surface area contributed by atoms with Gasteiger partial charge in [-0.2, -0.15) is 5.10 Å². The molecule has 2 rings (SSSR count). The molecule has 0 aliphatic rings. The minimum absolute atomic E-state index is 0.199. The number of carbonyl (C=O) groups is 1. The molecule has 0 fully saturated rings. The average Bonchev–Trinajstić information content (AvgIpc) is 2.86. The number of aromatic carboxylic acids is 1. The van der Waals surface area contributed by atoms with E-state index in [0.29, 0.717) is 5.56 Å². The molecular weight excluding hydrogens is 252 g/mol. The lowest BCUT2D eigenvalue weighted by Crippen LogP contribution is -2.11. The molecule has 4 nitrogen and oxygen atoms in total. The summed E-state index contributed by atoms with van der Waals surface area (Å²) in [5.41, 5.74) is 3.18. The molecule has 0 aliphatic heterocycles. The molecule has 0 radical (unpaired) electrons. The molecule has 0 aliphatic carbocycles. The summed E-state index contributed by atoms with van der Waals surface area (Å²) in [5.74, 6) is -0.713. The summed E-state index contributed by atoms with van der Waals surface area (Å²) in [6, 6.07) is 7.96. The third kappa shape index (κ3) is 2.59. The lowest BCUT2D eigenvalue weighted by Gasteiger charge is -2.16. The van der Waals surface area contributed by atoms with E-state index < -0.39 is 5.97 Å². The Morgan fingerprint density at radius 3 is 2.35 bits per heavy atom. The lowest BCUT2D eigenvalue weighted by atomic mass is 9.96. The van der Waals surface area contributed by atoms with Crippen molar-refractivity contribution >= 4 is 5.97 Å². The first-order chi connectivity index (χ1) is 9.58. The molecule has 0 atom stereocenters. The second-order valence-electron chi connectivity index (χ2n) is 5.01. The van der Waals surface area contributed by atoms with Crippen LogP contribution in [0.1, 0.15) is 54.2 Å². The summed E-state index contributed by atoms with van der Waals surface area (Å²) in [7, 11) is 0. The van der Waals surface area contributed by atoms with E-state index in [9.17, 15) is 9.90 Å². The number of nitrogens with zero attached hydrogens (tertiary/aromatic N) is 2. The second-order valence-corrected chi connectivity index (χ2v) is 5.01. The fraction of sp³-hybridized carbons (Fsp3) is 0.375. The van der Waals surface area contributed by atoms with Crippen molar-refractivity contribution < 1.29 is 9.90 Å². The molecule has 1 aromatic heterocycles. The molecule has 4 heteroatoms. The van der Waals surface area contributed by atoms with Crippen LogP contribution in [0.2, 0.25) is 0 Å². The standard InChI is InChI=1S/C16H20N2O2/c1-4-12(5-2)15-14(16(19)20)10-17-18(15)13-8-6-11(3)7-9-13/h6-10,12H,4-5H2,1-3H3,(H,19,20). The molecule has 1 aromatic carbocycles. The molecule has 0 spiro atoms. The topological polar surface area (TPSA) is 55.1 Å². The molecule has 2 aromatic rings. The van der Waals surface area contributed by atoms with Gasteiger partial charge in [-0.1, -0.05) is 31.5 Å². The summed E-state index contributed by atoms with van der Waals surface area (Å²) < 4.78 is 1.76. The zero-order valence-corrected chi connectivity index (χ0v) is 12.1. The van der Waals surface area contributed by atoms with E-state index >= 15 is 0 Å². The van der Waals surface area contributed by atoms with Crippen LogP contribution in [0.25, 0.3) is 5.69 Å². The average molecular weight is 272 g/mol. The van der Waals surface area contributed by atoms with Gasteiger partial charge < -0.3 is 5.11 Å². The molecule has 0 unspecified atom stereocenters. The van der Waals surface area contributed by atoms with Crippen molar-refractivity contribution in [1.82, 2.24) is 9.78 Å². The first kappa shape index (κ1) is 14.3. The molecular formula is C16H20N2O2. The monoisotopic (exact) mass is 272 g/mol. The SMILES string of the molecule is CCC(CC)c1c(C(=O)O)cnn1-c1ccc(C)cc1. The number of rotatable bonds is 5.